The number of aromatic nitrogens is 1. The molecule has 0 bridgehead atoms. The van der Waals surface area contributed by atoms with Crippen LogP contribution >= 0.6 is 11.3 Å². The number of para-hydroxylation sites is 1. The van der Waals surface area contributed by atoms with Crippen molar-refractivity contribution in [2.24, 2.45) is 4.99 Å². The quantitative estimate of drug-likeness (QED) is 0.329. The van der Waals surface area contributed by atoms with E-state index >= 15 is 0 Å². The van der Waals surface area contributed by atoms with Gasteiger partial charge in [0.2, 0.25) is 5.75 Å². The number of rotatable bonds is 9. The molecule has 0 N–H and O–H groups in total. The summed E-state index contributed by atoms with van der Waals surface area (Å²) >= 11 is 1.02. The maximum Gasteiger partial charge on any atom is 0.338 e. The first-order valence-electron chi connectivity index (χ1n) is 13.8. The van der Waals surface area contributed by atoms with Gasteiger partial charge in [0.05, 0.1) is 63.1 Å². The van der Waals surface area contributed by atoms with Crippen LogP contribution in [0.25, 0.3) is 5.57 Å². The fraction of sp³-hybridized carbons (Fsp3) is 0.323. The van der Waals surface area contributed by atoms with Gasteiger partial charge in [0.15, 0.2) is 16.3 Å². The van der Waals surface area contributed by atoms with Crippen molar-refractivity contribution in [3.8, 4) is 17.2 Å². The number of fused-ring (bicyclic) bond motifs is 2. The zero-order valence-corrected chi connectivity index (χ0v) is 25.9. The number of nitrogens with zero attached hydrogens (tertiary/aromatic N) is 3. The summed E-state index contributed by atoms with van der Waals surface area (Å²) in [6.07, 6.45) is 0. The Morgan fingerprint density at radius 2 is 1.61 bits per heavy atom. The highest BCUT2D eigenvalue weighted by Crippen LogP contribution is 2.42. The lowest BCUT2D eigenvalue weighted by Crippen LogP contribution is -2.41. The molecule has 2 aromatic carbocycles. The number of allylic oxidation sites excluding steroid dienone is 1. The molecule has 1 amide bonds. The molecule has 0 unspecified atom stereocenters. The molecule has 0 saturated carbocycles. The molecule has 3 aromatic rings. The van der Waals surface area contributed by atoms with E-state index in [4.69, 9.17) is 23.7 Å². The molecule has 2 aliphatic rings. The Balaban J connectivity index is 1.80. The molecule has 0 aliphatic carbocycles. The molecule has 0 fully saturated rings. The molecule has 0 spiro atoms. The molecule has 230 valence electrons. The summed E-state index contributed by atoms with van der Waals surface area (Å²) in [6, 6.07) is 9.22. The normalized spacial score (nSPS) is 16.6. The van der Waals surface area contributed by atoms with Gasteiger partial charge in [-0.25, -0.2) is 9.79 Å². The number of anilines is 1. The Morgan fingerprint density at radius 3 is 2.23 bits per heavy atom. The van der Waals surface area contributed by atoms with Crippen molar-refractivity contribution >= 4 is 40.4 Å². The third-order valence-corrected chi connectivity index (χ3v) is 8.29. The van der Waals surface area contributed by atoms with Crippen LogP contribution in [0, 0.1) is 0 Å². The number of hydrogen-bond acceptors (Lipinski definition) is 11. The topological polar surface area (TPSA) is 135 Å². The smallest absolute Gasteiger partial charge is 0.338 e. The Morgan fingerprint density at radius 1 is 0.955 bits per heavy atom. The second kappa shape index (κ2) is 12.4. The van der Waals surface area contributed by atoms with Gasteiger partial charge in [0, 0.05) is 5.56 Å². The van der Waals surface area contributed by atoms with Crippen LogP contribution in [-0.4, -0.2) is 63.5 Å². The highest BCUT2D eigenvalue weighted by molar-refractivity contribution is 7.07. The lowest BCUT2D eigenvalue weighted by atomic mass is 9.95. The molecule has 13 heteroatoms. The van der Waals surface area contributed by atoms with Crippen LogP contribution in [0.1, 0.15) is 37.9 Å². The molecule has 2 aliphatic heterocycles. The standard InChI is InChI=1S/C31H31N3O9S/c1-7-42-22(35)15-33-19-12-10-9-11-18(19)24(28(33)36)27-29(37)34-25(17-13-20(39-4)26(41-6)21(14-17)40-5)23(30(38)43-8-2)16(3)32-31(34)44-27/h9-14,25H,7-8,15H2,1-6H3/b27-24+/t25-/m0/s1. The first-order chi connectivity index (χ1) is 21.2. The van der Waals surface area contributed by atoms with Crippen LogP contribution in [0.2, 0.25) is 0 Å². The maximum atomic E-state index is 14.4. The zero-order valence-electron chi connectivity index (χ0n) is 25.1. The molecule has 0 saturated heterocycles. The first-order valence-corrected chi connectivity index (χ1v) is 14.6. The minimum Gasteiger partial charge on any atom is -0.493 e. The number of methoxy groups -OCH3 is 3. The summed E-state index contributed by atoms with van der Waals surface area (Å²) < 4.78 is 28.6. The second-order valence-corrected chi connectivity index (χ2v) is 10.6. The fourth-order valence-electron chi connectivity index (χ4n) is 5.41. The van der Waals surface area contributed by atoms with E-state index in [-0.39, 0.29) is 40.2 Å². The van der Waals surface area contributed by atoms with Crippen molar-refractivity contribution in [3.63, 3.8) is 0 Å². The Labute approximate surface area is 256 Å². The number of hydrogen-bond donors (Lipinski definition) is 0. The number of amides is 1. The number of thiazole rings is 1. The van der Waals surface area contributed by atoms with E-state index in [1.807, 2.05) is 0 Å². The third kappa shape index (κ3) is 5.02. The van der Waals surface area contributed by atoms with E-state index in [1.165, 1.54) is 30.8 Å². The number of benzene rings is 2. The van der Waals surface area contributed by atoms with Gasteiger partial charge in [0.1, 0.15) is 11.1 Å². The monoisotopic (exact) mass is 621 g/mol. The average molecular weight is 622 g/mol. The van der Waals surface area contributed by atoms with Crippen LogP contribution in [0.4, 0.5) is 5.69 Å². The molecular weight excluding hydrogens is 590 g/mol. The minimum atomic E-state index is -1.00. The van der Waals surface area contributed by atoms with Gasteiger partial charge in [-0.15, -0.1) is 0 Å². The SMILES string of the molecule is CCOC(=O)CN1C(=O)/C(=c2/sc3n(c2=O)[C@@H](c2cc(OC)c(OC)c(OC)c2)C(C(=O)OCC)=C(C)N=3)c2ccccc21. The number of ether oxygens (including phenoxy) is 5. The van der Waals surface area contributed by atoms with Crippen LogP contribution in [0.3, 0.4) is 0 Å². The minimum absolute atomic E-state index is 0.105. The van der Waals surface area contributed by atoms with Crippen LogP contribution in [-0.2, 0) is 23.9 Å². The van der Waals surface area contributed by atoms with Gasteiger partial charge in [-0.1, -0.05) is 29.5 Å². The Kier molecular flexibility index (Phi) is 8.59. The highest BCUT2D eigenvalue weighted by Gasteiger charge is 2.38. The third-order valence-electron chi connectivity index (χ3n) is 7.24. The van der Waals surface area contributed by atoms with Crippen molar-refractivity contribution in [2.75, 3.05) is 46.0 Å². The summed E-state index contributed by atoms with van der Waals surface area (Å²) in [5.41, 5.74) is 1.54. The number of carbonyl (C=O) groups excluding carboxylic acids is 3. The Bertz CT molecular complexity index is 1860. The van der Waals surface area contributed by atoms with Gasteiger partial charge < -0.3 is 23.7 Å². The van der Waals surface area contributed by atoms with Crippen molar-refractivity contribution in [3.05, 3.63) is 78.5 Å². The van der Waals surface area contributed by atoms with Crippen LogP contribution in [0.5, 0.6) is 17.2 Å². The second-order valence-electron chi connectivity index (χ2n) is 9.67. The summed E-state index contributed by atoms with van der Waals surface area (Å²) in [7, 11) is 4.40. The largest absolute Gasteiger partial charge is 0.493 e. The predicted molar refractivity (Wildman–Crippen MR) is 161 cm³/mol. The molecule has 1 atom stereocenters. The molecular formula is C31H31N3O9S. The van der Waals surface area contributed by atoms with Crippen LogP contribution in [0.15, 0.2) is 57.5 Å². The molecule has 44 heavy (non-hydrogen) atoms. The van der Waals surface area contributed by atoms with Gasteiger partial charge >= 0.3 is 11.9 Å². The Hall–Kier alpha value is -4.91. The fourth-order valence-corrected chi connectivity index (χ4v) is 6.55. The van der Waals surface area contributed by atoms with Gasteiger partial charge in [-0.05, 0) is 44.5 Å². The van der Waals surface area contributed by atoms with E-state index < -0.39 is 29.4 Å². The number of esters is 2. The summed E-state index contributed by atoms with van der Waals surface area (Å²) in [4.78, 5) is 60.2. The molecule has 0 radical (unpaired) electrons. The molecule has 12 nitrogen and oxygen atoms in total. The maximum absolute atomic E-state index is 14.4. The van der Waals surface area contributed by atoms with E-state index in [1.54, 1.807) is 57.2 Å². The summed E-state index contributed by atoms with van der Waals surface area (Å²) in [5.74, 6) is -0.765. The van der Waals surface area contributed by atoms with E-state index in [0.29, 0.717) is 39.8 Å². The van der Waals surface area contributed by atoms with Gasteiger partial charge in [-0.3, -0.25) is 23.9 Å². The van der Waals surface area contributed by atoms with Gasteiger partial charge in [-0.2, -0.15) is 0 Å². The van der Waals surface area contributed by atoms with E-state index in [9.17, 15) is 19.2 Å². The summed E-state index contributed by atoms with van der Waals surface area (Å²) in [5, 5.41) is 0. The highest BCUT2D eigenvalue weighted by atomic mass is 32.1. The van der Waals surface area contributed by atoms with Crippen molar-refractivity contribution in [2.45, 2.75) is 26.8 Å². The molecule has 3 heterocycles. The predicted octanol–water partition coefficient (Wildman–Crippen LogP) is 2.10. The van der Waals surface area contributed by atoms with Crippen molar-refractivity contribution in [1.29, 1.82) is 0 Å². The summed E-state index contributed by atoms with van der Waals surface area (Å²) in [6.45, 7) is 4.98. The molecule has 5 rings (SSSR count). The lowest BCUT2D eigenvalue weighted by Gasteiger charge is -2.26. The average Bonchev–Trinajstić information content (AvgIpc) is 3.47. The lowest BCUT2D eigenvalue weighted by molar-refractivity contribution is -0.142. The van der Waals surface area contributed by atoms with Crippen LogP contribution < -0.4 is 34.0 Å². The molecule has 1 aromatic heterocycles. The van der Waals surface area contributed by atoms with Crippen molar-refractivity contribution in [1.82, 2.24) is 4.57 Å². The van der Waals surface area contributed by atoms with E-state index in [0.717, 1.165) is 11.3 Å². The van der Waals surface area contributed by atoms with Crippen molar-refractivity contribution < 1.29 is 38.1 Å². The zero-order chi connectivity index (χ0) is 31.7. The van der Waals surface area contributed by atoms with E-state index in [2.05, 4.69) is 4.99 Å². The first kappa shape index (κ1) is 30.5. The van der Waals surface area contributed by atoms with Gasteiger partial charge in [0.25, 0.3) is 11.5 Å². The number of carbonyl (C=O) groups is 3.